The third-order valence-corrected chi connectivity index (χ3v) is 3.68. The number of ether oxygens (including phenoxy) is 2. The van der Waals surface area contributed by atoms with E-state index < -0.39 is 0 Å². The van der Waals surface area contributed by atoms with E-state index in [1.807, 2.05) is 0 Å². The van der Waals surface area contributed by atoms with Crippen LogP contribution in [0, 0.1) is 5.92 Å². The molecule has 4 unspecified atom stereocenters. The van der Waals surface area contributed by atoms with Crippen molar-refractivity contribution in [2.75, 3.05) is 6.61 Å². The average Bonchev–Trinajstić information content (AvgIpc) is 2.93. The van der Waals surface area contributed by atoms with Crippen molar-refractivity contribution < 1.29 is 14.6 Å². The van der Waals surface area contributed by atoms with E-state index in [0.717, 1.165) is 31.4 Å². The second-order valence-electron chi connectivity index (χ2n) is 4.53. The number of aliphatic hydroxyl groups excluding tert-OH is 1. The molecule has 0 aliphatic carbocycles. The lowest BCUT2D eigenvalue weighted by Gasteiger charge is -2.24. The van der Waals surface area contributed by atoms with Gasteiger partial charge in [-0.1, -0.05) is 0 Å². The highest BCUT2D eigenvalue weighted by atomic mass is 16.5. The maximum atomic E-state index is 10.1. The summed E-state index contributed by atoms with van der Waals surface area (Å²) in [7, 11) is 0. The van der Waals surface area contributed by atoms with E-state index in [-0.39, 0.29) is 6.10 Å². The molecule has 3 aliphatic rings. The minimum atomic E-state index is -0.326. The summed E-state index contributed by atoms with van der Waals surface area (Å²) >= 11 is 0. The van der Waals surface area contributed by atoms with E-state index in [9.17, 15) is 5.11 Å². The minimum Gasteiger partial charge on any atom is -0.501 e. The minimum absolute atomic E-state index is 0.302. The van der Waals surface area contributed by atoms with Crippen molar-refractivity contribution >= 4 is 0 Å². The number of hydrogen-bond donors (Lipinski definition) is 1. The van der Waals surface area contributed by atoms with Gasteiger partial charge < -0.3 is 14.6 Å². The first-order valence-corrected chi connectivity index (χ1v) is 5.48. The summed E-state index contributed by atoms with van der Waals surface area (Å²) in [6.45, 7) is 0.730. The number of aliphatic hydroxyl groups is 1. The molecule has 0 radical (unpaired) electrons. The lowest BCUT2D eigenvalue weighted by Crippen LogP contribution is -2.30. The molecule has 0 spiro atoms. The quantitative estimate of drug-likeness (QED) is 0.721. The molecule has 3 heterocycles. The van der Waals surface area contributed by atoms with Crippen LogP contribution in [0.15, 0.2) is 11.8 Å². The predicted molar refractivity (Wildman–Crippen MR) is 50.7 cm³/mol. The molecule has 0 aromatic carbocycles. The first-order valence-electron chi connectivity index (χ1n) is 5.48. The van der Waals surface area contributed by atoms with E-state index >= 15 is 0 Å². The van der Waals surface area contributed by atoms with Crippen LogP contribution in [0.3, 0.4) is 0 Å². The Balaban J connectivity index is 1.70. The van der Waals surface area contributed by atoms with E-state index in [0.29, 0.717) is 18.1 Å². The lowest BCUT2D eigenvalue weighted by molar-refractivity contribution is 0.0568. The normalized spacial score (nSPS) is 42.4. The molecule has 3 heteroatoms. The highest BCUT2D eigenvalue weighted by Gasteiger charge is 2.45. The monoisotopic (exact) mass is 196 g/mol. The molecule has 2 saturated heterocycles. The maximum absolute atomic E-state index is 10.1. The Bertz CT molecular complexity index is 261. The second kappa shape index (κ2) is 3.24. The second-order valence-corrected chi connectivity index (χ2v) is 4.53. The van der Waals surface area contributed by atoms with Gasteiger partial charge >= 0.3 is 0 Å². The number of hydrogen-bond acceptors (Lipinski definition) is 3. The summed E-state index contributed by atoms with van der Waals surface area (Å²) in [6.07, 6.45) is 6.35. The molecular weight excluding hydrogens is 180 g/mol. The van der Waals surface area contributed by atoms with E-state index in [1.165, 1.54) is 6.42 Å². The topological polar surface area (TPSA) is 38.7 Å². The molecular formula is C11H16O3. The molecule has 3 rings (SSSR count). The van der Waals surface area contributed by atoms with Gasteiger partial charge in [0.2, 0.25) is 0 Å². The molecule has 1 N–H and O–H groups in total. The first kappa shape index (κ1) is 8.74. The molecule has 4 atom stereocenters. The van der Waals surface area contributed by atoms with Crippen molar-refractivity contribution in [1.29, 1.82) is 0 Å². The molecule has 78 valence electrons. The highest BCUT2D eigenvalue weighted by Crippen LogP contribution is 2.42. The maximum Gasteiger partial charge on any atom is 0.0912 e. The molecule has 0 saturated carbocycles. The smallest absolute Gasteiger partial charge is 0.0912 e. The van der Waals surface area contributed by atoms with E-state index in [1.54, 1.807) is 6.26 Å². The van der Waals surface area contributed by atoms with Crippen LogP contribution in [-0.4, -0.2) is 30.0 Å². The van der Waals surface area contributed by atoms with Gasteiger partial charge in [0, 0.05) is 12.3 Å². The fraction of sp³-hybridized carbons (Fsp3) is 0.818. The van der Waals surface area contributed by atoms with Gasteiger partial charge in [-0.25, -0.2) is 0 Å². The summed E-state index contributed by atoms with van der Waals surface area (Å²) in [5.41, 5.74) is 1.06. The third kappa shape index (κ3) is 1.27. The van der Waals surface area contributed by atoms with Gasteiger partial charge in [0.05, 0.1) is 31.2 Å². The first-order chi connectivity index (χ1) is 6.84. The number of fused-ring (bicyclic) bond motifs is 2. The Hall–Kier alpha value is -0.540. The van der Waals surface area contributed by atoms with Gasteiger partial charge in [-0.3, -0.25) is 0 Å². The van der Waals surface area contributed by atoms with Crippen molar-refractivity contribution in [3.8, 4) is 0 Å². The van der Waals surface area contributed by atoms with Gasteiger partial charge in [-0.05, 0) is 24.8 Å². The predicted octanol–water partition coefficient (Wildman–Crippen LogP) is 1.22. The molecule has 0 aromatic heterocycles. The van der Waals surface area contributed by atoms with Gasteiger partial charge in [0.25, 0.3) is 0 Å². The highest BCUT2D eigenvalue weighted by molar-refractivity contribution is 5.13. The molecule has 0 aromatic rings. The Labute approximate surface area is 83.7 Å². The van der Waals surface area contributed by atoms with Crippen LogP contribution < -0.4 is 0 Å². The SMILES string of the molecule is OC(C1=COCC1)C1CC2CCC1O2. The largest absolute Gasteiger partial charge is 0.501 e. The van der Waals surface area contributed by atoms with Crippen LogP contribution in [0.2, 0.25) is 0 Å². The van der Waals surface area contributed by atoms with Gasteiger partial charge in [0.15, 0.2) is 0 Å². The summed E-state index contributed by atoms with van der Waals surface area (Å²) in [5.74, 6) is 0.321. The number of rotatable bonds is 2. The molecule has 2 bridgehead atoms. The zero-order valence-corrected chi connectivity index (χ0v) is 8.19. The molecule has 14 heavy (non-hydrogen) atoms. The molecule has 0 amide bonds. The third-order valence-electron chi connectivity index (χ3n) is 3.68. The van der Waals surface area contributed by atoms with Crippen molar-refractivity contribution in [2.24, 2.45) is 5.92 Å². The van der Waals surface area contributed by atoms with Crippen LogP contribution in [0.5, 0.6) is 0 Å². The Kier molecular flexibility index (Phi) is 2.03. The van der Waals surface area contributed by atoms with Crippen LogP contribution in [0.1, 0.15) is 25.7 Å². The summed E-state index contributed by atoms with van der Waals surface area (Å²) in [5, 5.41) is 10.1. The molecule has 3 nitrogen and oxygen atoms in total. The van der Waals surface area contributed by atoms with Crippen molar-refractivity contribution in [1.82, 2.24) is 0 Å². The summed E-state index contributed by atoms with van der Waals surface area (Å²) in [4.78, 5) is 0. The standard InChI is InChI=1S/C11H16O3/c12-11(7-3-4-13-6-7)9-5-8-1-2-10(9)14-8/h6,8-12H,1-5H2. The van der Waals surface area contributed by atoms with E-state index in [4.69, 9.17) is 9.47 Å². The Morgan fingerprint density at radius 3 is 2.93 bits per heavy atom. The van der Waals surface area contributed by atoms with Crippen LogP contribution in [0.25, 0.3) is 0 Å². The van der Waals surface area contributed by atoms with E-state index in [2.05, 4.69) is 0 Å². The summed E-state index contributed by atoms with van der Waals surface area (Å²) < 4.78 is 10.9. The van der Waals surface area contributed by atoms with Crippen molar-refractivity contribution in [3.63, 3.8) is 0 Å². The van der Waals surface area contributed by atoms with Crippen LogP contribution in [0.4, 0.5) is 0 Å². The average molecular weight is 196 g/mol. The van der Waals surface area contributed by atoms with Crippen LogP contribution >= 0.6 is 0 Å². The lowest BCUT2D eigenvalue weighted by atomic mass is 9.82. The van der Waals surface area contributed by atoms with Gasteiger partial charge in [-0.2, -0.15) is 0 Å². The fourth-order valence-electron chi connectivity index (χ4n) is 2.90. The molecule has 2 fully saturated rings. The summed E-state index contributed by atoms with van der Waals surface area (Å²) in [6, 6.07) is 0. The zero-order chi connectivity index (χ0) is 9.54. The fourth-order valence-corrected chi connectivity index (χ4v) is 2.90. The van der Waals surface area contributed by atoms with Gasteiger partial charge in [-0.15, -0.1) is 0 Å². The van der Waals surface area contributed by atoms with Crippen molar-refractivity contribution in [3.05, 3.63) is 11.8 Å². The Morgan fingerprint density at radius 1 is 1.43 bits per heavy atom. The molecule has 3 aliphatic heterocycles. The van der Waals surface area contributed by atoms with Crippen molar-refractivity contribution in [2.45, 2.75) is 44.0 Å². The zero-order valence-electron chi connectivity index (χ0n) is 8.19. The van der Waals surface area contributed by atoms with Gasteiger partial charge in [0.1, 0.15) is 0 Å². The Morgan fingerprint density at radius 2 is 2.36 bits per heavy atom. The van der Waals surface area contributed by atoms with Crippen LogP contribution in [-0.2, 0) is 9.47 Å².